The lowest BCUT2D eigenvalue weighted by Crippen LogP contribution is -2.40. The van der Waals surface area contributed by atoms with Crippen LogP contribution >= 0.6 is 39.3 Å². The molecule has 1 nitrogen and oxygen atoms in total. The van der Waals surface area contributed by atoms with Crippen molar-refractivity contribution in [3.63, 3.8) is 0 Å². The fourth-order valence-electron chi connectivity index (χ4n) is 1.93. The van der Waals surface area contributed by atoms with Gasteiger partial charge in [-0.05, 0) is 24.6 Å². The normalized spacial score (nSPS) is 21.2. The van der Waals surface area contributed by atoms with E-state index in [4.69, 9.17) is 11.6 Å². The Hall–Kier alpha value is 0.140. The van der Waals surface area contributed by atoms with Crippen LogP contribution in [0.5, 0.6) is 0 Å². The Bertz CT molecular complexity index is 372. The van der Waals surface area contributed by atoms with E-state index in [2.05, 4.69) is 46.0 Å². The summed E-state index contributed by atoms with van der Waals surface area (Å²) in [6, 6.07) is 7.09. The van der Waals surface area contributed by atoms with Crippen molar-refractivity contribution in [2.45, 2.75) is 18.8 Å². The molecule has 0 radical (unpaired) electrons. The van der Waals surface area contributed by atoms with Crippen LogP contribution in [0.1, 0.15) is 12.5 Å². The second-order valence-corrected chi connectivity index (χ2v) is 6.30. The van der Waals surface area contributed by atoms with Crippen LogP contribution < -0.4 is 4.90 Å². The van der Waals surface area contributed by atoms with Crippen molar-refractivity contribution in [2.24, 2.45) is 0 Å². The van der Waals surface area contributed by atoms with Crippen LogP contribution in [-0.4, -0.2) is 24.1 Å². The maximum Gasteiger partial charge on any atom is 0.0485 e. The molecule has 0 spiro atoms. The molecule has 88 valence electrons. The van der Waals surface area contributed by atoms with Crippen LogP contribution in [0.25, 0.3) is 0 Å². The zero-order valence-corrected chi connectivity index (χ0v) is 12.4. The molecule has 1 aromatic rings. The standard InChI is InChI=1S/C12H15BrClNS/c1-9-8-16-5-4-15(9)11-3-2-10(7-14)12(13)6-11/h2-3,6,9H,4-5,7-8H2,1H3. The molecule has 0 aliphatic carbocycles. The zero-order chi connectivity index (χ0) is 11.5. The number of hydrogen-bond acceptors (Lipinski definition) is 2. The van der Waals surface area contributed by atoms with Crippen LogP contribution in [0.15, 0.2) is 22.7 Å². The number of alkyl halides is 1. The number of rotatable bonds is 2. The molecule has 1 fully saturated rings. The van der Waals surface area contributed by atoms with Crippen molar-refractivity contribution in [3.05, 3.63) is 28.2 Å². The minimum Gasteiger partial charge on any atom is -0.367 e. The Morgan fingerprint density at radius 1 is 1.56 bits per heavy atom. The number of hydrogen-bond donors (Lipinski definition) is 0. The molecule has 0 N–H and O–H groups in total. The van der Waals surface area contributed by atoms with Crippen molar-refractivity contribution < 1.29 is 0 Å². The molecule has 1 unspecified atom stereocenters. The molecule has 1 aromatic carbocycles. The maximum absolute atomic E-state index is 5.85. The third kappa shape index (κ3) is 2.69. The van der Waals surface area contributed by atoms with E-state index >= 15 is 0 Å². The second-order valence-electron chi connectivity index (χ2n) is 4.03. The van der Waals surface area contributed by atoms with Crippen molar-refractivity contribution in [3.8, 4) is 0 Å². The maximum atomic E-state index is 5.85. The van der Waals surface area contributed by atoms with Crippen LogP contribution in [-0.2, 0) is 5.88 Å². The smallest absolute Gasteiger partial charge is 0.0485 e. The highest BCUT2D eigenvalue weighted by Gasteiger charge is 2.19. The van der Waals surface area contributed by atoms with Crippen molar-refractivity contribution in [1.29, 1.82) is 0 Å². The number of nitrogens with zero attached hydrogens (tertiary/aromatic N) is 1. The fourth-order valence-corrected chi connectivity index (χ4v) is 3.85. The monoisotopic (exact) mass is 319 g/mol. The van der Waals surface area contributed by atoms with Crippen molar-refractivity contribution in [1.82, 2.24) is 0 Å². The minimum atomic E-state index is 0.562. The summed E-state index contributed by atoms with van der Waals surface area (Å²) >= 11 is 11.5. The average molecular weight is 321 g/mol. The van der Waals surface area contributed by atoms with Crippen LogP contribution in [0.4, 0.5) is 5.69 Å². The first-order chi connectivity index (χ1) is 7.72. The first-order valence-corrected chi connectivity index (χ1v) is 7.89. The van der Waals surface area contributed by atoms with Gasteiger partial charge in [-0.1, -0.05) is 22.0 Å². The molecule has 0 bridgehead atoms. The predicted molar refractivity (Wildman–Crippen MR) is 77.8 cm³/mol. The summed E-state index contributed by atoms with van der Waals surface area (Å²) in [4.78, 5) is 2.47. The minimum absolute atomic E-state index is 0.562. The average Bonchev–Trinajstić information content (AvgIpc) is 2.29. The van der Waals surface area contributed by atoms with Crippen LogP contribution in [0, 0.1) is 0 Å². The molecule has 0 aromatic heterocycles. The van der Waals surface area contributed by atoms with Gasteiger partial charge in [-0.2, -0.15) is 11.8 Å². The topological polar surface area (TPSA) is 3.24 Å². The van der Waals surface area contributed by atoms with Crippen LogP contribution in [0.3, 0.4) is 0 Å². The van der Waals surface area contributed by atoms with Gasteiger partial charge in [0, 0.05) is 40.1 Å². The Labute approximate surface area is 115 Å². The van der Waals surface area contributed by atoms with Gasteiger partial charge in [0.25, 0.3) is 0 Å². The van der Waals surface area contributed by atoms with Gasteiger partial charge in [-0.25, -0.2) is 0 Å². The van der Waals surface area contributed by atoms with Crippen molar-refractivity contribution in [2.75, 3.05) is 23.0 Å². The van der Waals surface area contributed by atoms with E-state index in [9.17, 15) is 0 Å². The van der Waals surface area contributed by atoms with Gasteiger partial charge >= 0.3 is 0 Å². The summed E-state index contributed by atoms with van der Waals surface area (Å²) in [5.41, 5.74) is 2.46. The lowest BCUT2D eigenvalue weighted by molar-refractivity contribution is 0.700. The molecular weight excluding hydrogens is 306 g/mol. The Morgan fingerprint density at radius 2 is 2.38 bits per heavy atom. The van der Waals surface area contributed by atoms with Crippen molar-refractivity contribution >= 4 is 45.0 Å². The first kappa shape index (κ1) is 12.6. The lowest BCUT2D eigenvalue weighted by Gasteiger charge is -2.35. The SMILES string of the molecule is CC1CSCCN1c1ccc(CCl)c(Br)c1. The summed E-state index contributed by atoms with van der Waals surface area (Å²) in [7, 11) is 0. The lowest BCUT2D eigenvalue weighted by atomic mass is 10.2. The Morgan fingerprint density at radius 3 is 3.00 bits per heavy atom. The highest BCUT2D eigenvalue weighted by atomic mass is 79.9. The quantitative estimate of drug-likeness (QED) is 0.754. The summed E-state index contributed by atoms with van der Waals surface area (Å²) in [5, 5.41) is 0. The molecule has 0 saturated carbocycles. The van der Waals surface area contributed by atoms with E-state index in [0.717, 1.165) is 16.6 Å². The molecule has 0 amide bonds. The van der Waals surface area contributed by atoms with Gasteiger partial charge in [0.05, 0.1) is 0 Å². The van der Waals surface area contributed by atoms with E-state index in [1.165, 1.54) is 17.2 Å². The van der Waals surface area contributed by atoms with Gasteiger partial charge in [0.2, 0.25) is 0 Å². The summed E-state index contributed by atoms with van der Waals surface area (Å²) < 4.78 is 1.12. The van der Waals surface area contributed by atoms with Gasteiger partial charge in [-0.15, -0.1) is 11.6 Å². The van der Waals surface area contributed by atoms with E-state index < -0.39 is 0 Å². The molecule has 2 rings (SSSR count). The predicted octanol–water partition coefficient (Wildman–Crippen LogP) is 4.13. The number of benzene rings is 1. The molecule has 1 saturated heterocycles. The number of anilines is 1. The van der Waals surface area contributed by atoms with Gasteiger partial charge in [-0.3, -0.25) is 0 Å². The first-order valence-electron chi connectivity index (χ1n) is 5.41. The van der Waals surface area contributed by atoms with E-state index in [0.29, 0.717) is 11.9 Å². The molecule has 1 heterocycles. The van der Waals surface area contributed by atoms with Crippen LogP contribution in [0.2, 0.25) is 0 Å². The highest BCUT2D eigenvalue weighted by molar-refractivity contribution is 9.10. The van der Waals surface area contributed by atoms with Gasteiger partial charge in [0.1, 0.15) is 0 Å². The van der Waals surface area contributed by atoms with Gasteiger partial charge in [0.15, 0.2) is 0 Å². The zero-order valence-electron chi connectivity index (χ0n) is 9.25. The summed E-state index contributed by atoms with van der Waals surface area (Å²) in [6.45, 7) is 3.42. The molecule has 4 heteroatoms. The number of halogens is 2. The Kier molecular flexibility index (Phi) is 4.45. The molecule has 1 atom stereocenters. The summed E-state index contributed by atoms with van der Waals surface area (Å²) in [5.74, 6) is 3.00. The fraction of sp³-hybridized carbons (Fsp3) is 0.500. The summed E-state index contributed by atoms with van der Waals surface area (Å²) in [6.07, 6.45) is 0. The van der Waals surface area contributed by atoms with Gasteiger partial charge < -0.3 is 4.90 Å². The van der Waals surface area contributed by atoms with E-state index in [1.807, 2.05) is 11.8 Å². The third-order valence-corrected chi connectivity index (χ3v) is 5.10. The molecule has 16 heavy (non-hydrogen) atoms. The Balaban J connectivity index is 2.22. The third-order valence-electron chi connectivity index (χ3n) is 2.88. The number of thioether (sulfide) groups is 1. The molecule has 1 aliphatic rings. The van der Waals surface area contributed by atoms with E-state index in [-0.39, 0.29) is 0 Å². The van der Waals surface area contributed by atoms with E-state index in [1.54, 1.807) is 0 Å². The molecule has 1 aliphatic heterocycles. The molecular formula is C12H15BrClNS. The highest BCUT2D eigenvalue weighted by Crippen LogP contribution is 2.29. The second kappa shape index (κ2) is 5.65. The largest absolute Gasteiger partial charge is 0.367 e.